The maximum Gasteiger partial charge on any atom is 0.124 e. The van der Waals surface area contributed by atoms with Gasteiger partial charge >= 0.3 is 0 Å². The van der Waals surface area contributed by atoms with Crippen molar-refractivity contribution in [3.8, 4) is 5.75 Å². The van der Waals surface area contributed by atoms with E-state index in [4.69, 9.17) is 19.9 Å². The molecule has 1 aliphatic heterocycles. The lowest BCUT2D eigenvalue weighted by atomic mass is 9.99. The minimum absolute atomic E-state index is 0.0925. The third kappa shape index (κ3) is 2.35. The van der Waals surface area contributed by atoms with Gasteiger partial charge in [-0.05, 0) is 6.07 Å². The van der Waals surface area contributed by atoms with Gasteiger partial charge in [-0.1, -0.05) is 18.2 Å². The molecule has 1 heterocycles. The number of hydrogen-bond donors (Lipinski definition) is 1. The molecule has 0 aromatic heterocycles. The molecule has 4 heteroatoms. The molecule has 16 heavy (non-hydrogen) atoms. The fraction of sp³-hybridized carbons (Fsp3) is 0.500. The predicted molar refractivity (Wildman–Crippen MR) is 60.5 cm³/mol. The van der Waals surface area contributed by atoms with E-state index in [-0.39, 0.29) is 12.1 Å². The van der Waals surface area contributed by atoms with Crippen LogP contribution >= 0.6 is 0 Å². The molecule has 0 spiro atoms. The van der Waals surface area contributed by atoms with E-state index in [0.717, 1.165) is 11.3 Å². The second-order valence-electron chi connectivity index (χ2n) is 3.78. The van der Waals surface area contributed by atoms with Crippen molar-refractivity contribution in [2.24, 2.45) is 5.73 Å². The lowest BCUT2D eigenvalue weighted by Crippen LogP contribution is -2.38. The number of methoxy groups -OCH3 is 1. The normalized spacial score (nSPS) is 23.6. The molecule has 88 valence electrons. The highest BCUT2D eigenvalue weighted by atomic mass is 16.6. The third-order valence-electron chi connectivity index (χ3n) is 2.70. The van der Waals surface area contributed by atoms with E-state index in [1.165, 1.54) is 0 Å². The second-order valence-corrected chi connectivity index (χ2v) is 3.78. The number of benzene rings is 1. The van der Waals surface area contributed by atoms with Gasteiger partial charge in [0.15, 0.2) is 0 Å². The highest BCUT2D eigenvalue weighted by Gasteiger charge is 2.28. The largest absolute Gasteiger partial charge is 0.490 e. The molecule has 0 unspecified atom stereocenters. The first-order chi connectivity index (χ1) is 7.83. The summed E-state index contributed by atoms with van der Waals surface area (Å²) < 4.78 is 16.1. The fourth-order valence-corrected chi connectivity index (χ4v) is 1.80. The van der Waals surface area contributed by atoms with E-state index < -0.39 is 0 Å². The lowest BCUT2D eigenvalue weighted by molar-refractivity contribution is -0.0266. The Morgan fingerprint density at radius 3 is 3.00 bits per heavy atom. The summed E-state index contributed by atoms with van der Waals surface area (Å²) in [6, 6.07) is 7.69. The van der Waals surface area contributed by atoms with Crippen LogP contribution in [-0.2, 0) is 9.47 Å². The van der Waals surface area contributed by atoms with Crippen LogP contribution in [0.1, 0.15) is 11.6 Å². The summed E-state index contributed by atoms with van der Waals surface area (Å²) in [6.07, 6.45) is -0.0925. The summed E-state index contributed by atoms with van der Waals surface area (Å²) in [6.45, 7) is 1.62. The molecule has 1 aliphatic rings. The topological polar surface area (TPSA) is 53.7 Å². The van der Waals surface area contributed by atoms with Crippen molar-refractivity contribution in [3.63, 3.8) is 0 Å². The summed E-state index contributed by atoms with van der Waals surface area (Å²) in [5.41, 5.74) is 7.14. The Kier molecular flexibility index (Phi) is 3.77. The first-order valence-corrected chi connectivity index (χ1v) is 5.41. The van der Waals surface area contributed by atoms with Crippen LogP contribution < -0.4 is 10.5 Å². The Morgan fingerprint density at radius 1 is 1.38 bits per heavy atom. The van der Waals surface area contributed by atoms with E-state index in [1.807, 2.05) is 24.3 Å². The average Bonchev–Trinajstić information content (AvgIpc) is 2.33. The number of hydrogen-bond acceptors (Lipinski definition) is 4. The smallest absolute Gasteiger partial charge is 0.124 e. The van der Waals surface area contributed by atoms with Crippen LogP contribution in [0, 0.1) is 0 Å². The van der Waals surface area contributed by atoms with Crippen molar-refractivity contribution < 1.29 is 14.2 Å². The summed E-state index contributed by atoms with van der Waals surface area (Å²) in [5, 5.41) is 0. The van der Waals surface area contributed by atoms with Crippen LogP contribution in [0.5, 0.6) is 5.75 Å². The van der Waals surface area contributed by atoms with Gasteiger partial charge in [-0.15, -0.1) is 0 Å². The number of ether oxygens (including phenoxy) is 3. The first kappa shape index (κ1) is 11.4. The Bertz CT molecular complexity index is 343. The Morgan fingerprint density at radius 2 is 2.19 bits per heavy atom. The van der Waals surface area contributed by atoms with Crippen LogP contribution in [-0.4, -0.2) is 33.0 Å². The zero-order valence-corrected chi connectivity index (χ0v) is 9.39. The summed E-state index contributed by atoms with van der Waals surface area (Å²) in [4.78, 5) is 0. The van der Waals surface area contributed by atoms with Crippen LogP contribution in [0.15, 0.2) is 24.3 Å². The Hall–Kier alpha value is -1.10. The van der Waals surface area contributed by atoms with Gasteiger partial charge in [0.05, 0.1) is 19.3 Å². The molecule has 0 saturated carbocycles. The van der Waals surface area contributed by atoms with Crippen molar-refractivity contribution in [2.75, 3.05) is 26.9 Å². The van der Waals surface area contributed by atoms with Gasteiger partial charge < -0.3 is 19.9 Å². The summed E-state index contributed by atoms with van der Waals surface area (Å²) in [7, 11) is 1.65. The first-order valence-electron chi connectivity index (χ1n) is 5.41. The second kappa shape index (κ2) is 5.30. The number of fused-ring (bicyclic) bond motifs is 1. The standard InChI is InChI=1S/C12H17NO3/c1-14-6-7-15-11-8-16-10-5-3-2-4-9(10)12(11)13/h2-5,11-12H,6-8,13H2,1H3/t11-,12-/m0/s1. The molecule has 0 aliphatic carbocycles. The highest BCUT2D eigenvalue weighted by Crippen LogP contribution is 2.31. The maximum absolute atomic E-state index is 6.13. The Labute approximate surface area is 95.3 Å². The van der Waals surface area contributed by atoms with E-state index >= 15 is 0 Å². The van der Waals surface area contributed by atoms with Crippen LogP contribution in [0.25, 0.3) is 0 Å². The molecule has 4 nitrogen and oxygen atoms in total. The fourth-order valence-electron chi connectivity index (χ4n) is 1.80. The van der Waals surface area contributed by atoms with Crippen molar-refractivity contribution in [1.82, 2.24) is 0 Å². The van der Waals surface area contributed by atoms with E-state index in [0.29, 0.717) is 19.8 Å². The number of rotatable bonds is 4. The van der Waals surface area contributed by atoms with Gasteiger partial charge in [0.25, 0.3) is 0 Å². The Balaban J connectivity index is 2.00. The zero-order chi connectivity index (χ0) is 11.4. The van der Waals surface area contributed by atoms with Gasteiger partial charge in [0.2, 0.25) is 0 Å². The van der Waals surface area contributed by atoms with Crippen molar-refractivity contribution >= 4 is 0 Å². The monoisotopic (exact) mass is 223 g/mol. The molecule has 2 rings (SSSR count). The molecule has 0 bridgehead atoms. The van der Waals surface area contributed by atoms with Gasteiger partial charge in [0.1, 0.15) is 18.5 Å². The minimum atomic E-state index is -0.123. The van der Waals surface area contributed by atoms with Gasteiger partial charge in [-0.25, -0.2) is 0 Å². The van der Waals surface area contributed by atoms with Crippen molar-refractivity contribution in [2.45, 2.75) is 12.1 Å². The molecule has 0 radical (unpaired) electrons. The quantitative estimate of drug-likeness (QED) is 0.777. The number of nitrogens with two attached hydrogens (primary N) is 1. The van der Waals surface area contributed by atoms with Gasteiger partial charge in [0, 0.05) is 12.7 Å². The third-order valence-corrected chi connectivity index (χ3v) is 2.70. The molecule has 0 amide bonds. The maximum atomic E-state index is 6.13. The molecular weight excluding hydrogens is 206 g/mol. The molecular formula is C12H17NO3. The minimum Gasteiger partial charge on any atom is -0.490 e. The molecule has 0 fully saturated rings. The van der Waals surface area contributed by atoms with Crippen molar-refractivity contribution in [3.05, 3.63) is 29.8 Å². The molecule has 2 N–H and O–H groups in total. The predicted octanol–water partition coefficient (Wildman–Crippen LogP) is 1.11. The van der Waals surface area contributed by atoms with Gasteiger partial charge in [-0.3, -0.25) is 0 Å². The van der Waals surface area contributed by atoms with E-state index in [2.05, 4.69) is 0 Å². The highest BCUT2D eigenvalue weighted by molar-refractivity contribution is 5.38. The van der Waals surface area contributed by atoms with Crippen LogP contribution in [0.2, 0.25) is 0 Å². The zero-order valence-electron chi connectivity index (χ0n) is 9.39. The summed E-state index contributed by atoms with van der Waals surface area (Å²) >= 11 is 0. The van der Waals surface area contributed by atoms with E-state index in [1.54, 1.807) is 7.11 Å². The lowest BCUT2D eigenvalue weighted by Gasteiger charge is -2.30. The van der Waals surface area contributed by atoms with Gasteiger partial charge in [-0.2, -0.15) is 0 Å². The van der Waals surface area contributed by atoms with Crippen LogP contribution in [0.4, 0.5) is 0 Å². The summed E-state index contributed by atoms with van der Waals surface area (Å²) in [5.74, 6) is 0.863. The van der Waals surface area contributed by atoms with Crippen LogP contribution in [0.3, 0.4) is 0 Å². The molecule has 1 aromatic carbocycles. The van der Waals surface area contributed by atoms with Crippen molar-refractivity contribution in [1.29, 1.82) is 0 Å². The molecule has 0 saturated heterocycles. The molecule has 1 aromatic rings. The SMILES string of the molecule is COCCO[C@H]1COc2ccccc2[C@@H]1N. The molecule has 2 atom stereocenters. The number of para-hydroxylation sites is 1. The van der Waals surface area contributed by atoms with E-state index in [9.17, 15) is 0 Å². The average molecular weight is 223 g/mol.